The third kappa shape index (κ3) is 5.19. The molecule has 0 bridgehead atoms. The SMILES string of the molecule is C1=CC2=C(c3ccccc3)NC(c3ccccc3-c3cccc(-c4ccc5c(c4)C4(c6ccccc6-5)c5ccccc5N(c5ccccc5)c5ccccc54)c3)NC2C=C1. The molecule has 2 N–H and O–H groups in total. The van der Waals surface area contributed by atoms with Gasteiger partial charge in [0, 0.05) is 11.4 Å². The summed E-state index contributed by atoms with van der Waals surface area (Å²) in [6.07, 6.45) is 8.66. The van der Waals surface area contributed by atoms with Crippen molar-refractivity contribution in [1.29, 1.82) is 0 Å². The van der Waals surface area contributed by atoms with E-state index in [9.17, 15) is 0 Å². The van der Waals surface area contributed by atoms with Gasteiger partial charge in [-0.1, -0.05) is 188 Å². The lowest BCUT2D eigenvalue weighted by molar-refractivity contribution is 0.461. The van der Waals surface area contributed by atoms with Crippen molar-refractivity contribution in [3.8, 4) is 33.4 Å². The molecule has 12 rings (SSSR count). The van der Waals surface area contributed by atoms with Gasteiger partial charge >= 0.3 is 0 Å². The number of hydrogen-bond acceptors (Lipinski definition) is 3. The zero-order valence-electron chi connectivity index (χ0n) is 33.0. The summed E-state index contributed by atoms with van der Waals surface area (Å²) < 4.78 is 0. The van der Waals surface area contributed by atoms with Crippen LogP contribution in [0.4, 0.5) is 17.1 Å². The second kappa shape index (κ2) is 13.8. The molecule has 0 saturated heterocycles. The Bertz CT molecular complexity index is 3020. The summed E-state index contributed by atoms with van der Waals surface area (Å²) in [5, 5.41) is 7.84. The van der Waals surface area contributed by atoms with E-state index in [0.29, 0.717) is 0 Å². The number of benzene rings is 8. The lowest BCUT2D eigenvalue weighted by atomic mass is 9.64. The number of nitrogens with zero attached hydrogens (tertiary/aromatic N) is 1. The van der Waals surface area contributed by atoms with Crippen LogP contribution in [0, 0.1) is 0 Å². The topological polar surface area (TPSA) is 27.3 Å². The van der Waals surface area contributed by atoms with Crippen LogP contribution in [0.5, 0.6) is 0 Å². The molecule has 8 aromatic carbocycles. The van der Waals surface area contributed by atoms with Crippen molar-refractivity contribution in [3.05, 3.63) is 263 Å². The monoisotopic (exact) mass is 767 g/mol. The highest BCUT2D eigenvalue weighted by atomic mass is 15.2. The summed E-state index contributed by atoms with van der Waals surface area (Å²) in [6, 6.07) is 73.8. The van der Waals surface area contributed by atoms with Crippen molar-refractivity contribution in [2.24, 2.45) is 0 Å². The number of rotatable bonds is 5. The smallest absolute Gasteiger partial charge is 0.105 e. The molecule has 0 amide bonds. The first-order valence-electron chi connectivity index (χ1n) is 20.9. The van der Waals surface area contributed by atoms with E-state index in [2.05, 4.69) is 240 Å². The highest BCUT2D eigenvalue weighted by molar-refractivity contribution is 5.96. The zero-order valence-corrected chi connectivity index (χ0v) is 33.0. The van der Waals surface area contributed by atoms with Crippen LogP contribution < -0.4 is 15.5 Å². The molecule has 0 radical (unpaired) electrons. The lowest BCUT2D eigenvalue weighted by Crippen LogP contribution is -2.46. The van der Waals surface area contributed by atoms with Crippen LogP contribution in [0.25, 0.3) is 39.1 Å². The van der Waals surface area contributed by atoms with Gasteiger partial charge in [0.05, 0.1) is 22.8 Å². The summed E-state index contributed by atoms with van der Waals surface area (Å²) in [5.74, 6) is 0. The molecule has 60 heavy (non-hydrogen) atoms. The number of anilines is 3. The molecule has 4 aliphatic rings. The minimum absolute atomic E-state index is 0.0924. The number of fused-ring (bicyclic) bond motifs is 10. The molecular formula is C57H41N3. The van der Waals surface area contributed by atoms with Crippen molar-refractivity contribution in [3.63, 3.8) is 0 Å². The molecule has 0 saturated carbocycles. The first-order valence-corrected chi connectivity index (χ1v) is 20.9. The Hall–Kier alpha value is -7.46. The van der Waals surface area contributed by atoms with Gasteiger partial charge in [0.15, 0.2) is 0 Å². The Balaban J connectivity index is 0.995. The molecule has 2 aliphatic heterocycles. The Morgan fingerprint density at radius 3 is 1.82 bits per heavy atom. The Morgan fingerprint density at radius 2 is 1.03 bits per heavy atom. The molecule has 0 fully saturated rings. The quantitative estimate of drug-likeness (QED) is 0.183. The molecule has 8 aromatic rings. The van der Waals surface area contributed by atoms with E-state index in [4.69, 9.17) is 0 Å². The van der Waals surface area contributed by atoms with Crippen LogP contribution in [0.15, 0.2) is 230 Å². The van der Waals surface area contributed by atoms with E-state index < -0.39 is 5.41 Å². The zero-order chi connectivity index (χ0) is 39.6. The largest absolute Gasteiger partial charge is 0.365 e. The maximum Gasteiger partial charge on any atom is 0.105 e. The number of para-hydroxylation sites is 3. The fourth-order valence-corrected chi connectivity index (χ4v) is 10.4. The Labute approximate surface area is 351 Å². The first kappa shape index (κ1) is 34.6. The minimum Gasteiger partial charge on any atom is -0.365 e. The minimum atomic E-state index is -0.505. The van der Waals surface area contributed by atoms with Gasteiger partial charge in [0.25, 0.3) is 0 Å². The first-order chi connectivity index (χ1) is 29.8. The van der Waals surface area contributed by atoms with Crippen molar-refractivity contribution < 1.29 is 0 Å². The second-order valence-corrected chi connectivity index (χ2v) is 16.1. The summed E-state index contributed by atoms with van der Waals surface area (Å²) >= 11 is 0. The van der Waals surface area contributed by atoms with Crippen molar-refractivity contribution in [2.75, 3.05) is 4.90 Å². The Morgan fingerprint density at radius 1 is 0.433 bits per heavy atom. The standard InChI is InChI=1S/C57H41N3/c1-3-18-38(19-4-1)55-47-27-10-14-31-52(47)58-56(59-55)46-26-8-7-24-43(46)41-21-17-20-39(36-41)40-34-35-45-44-25-9-11-28-48(44)57(51(45)37-40)49-29-12-15-32-53(49)60(42-22-5-2-6-23-42)54-33-16-13-30-50(54)57/h1-37,52,56,58-59H. The highest BCUT2D eigenvalue weighted by Crippen LogP contribution is 2.63. The lowest BCUT2D eigenvalue weighted by Gasteiger charge is -2.45. The predicted molar refractivity (Wildman–Crippen MR) is 247 cm³/mol. The normalized spacial score (nSPS) is 17.6. The molecular weight excluding hydrogens is 727 g/mol. The van der Waals surface area contributed by atoms with Crippen molar-refractivity contribution in [1.82, 2.24) is 10.6 Å². The van der Waals surface area contributed by atoms with Gasteiger partial charge in [-0.15, -0.1) is 0 Å². The average Bonchev–Trinajstić information content (AvgIpc) is 3.62. The number of nitrogens with one attached hydrogen (secondary N) is 2. The van der Waals surface area contributed by atoms with E-state index in [1.54, 1.807) is 0 Å². The summed E-state index contributed by atoms with van der Waals surface area (Å²) in [6.45, 7) is 0. The van der Waals surface area contributed by atoms with Gasteiger partial charge in [0.2, 0.25) is 0 Å². The molecule has 1 spiro atoms. The van der Waals surface area contributed by atoms with Gasteiger partial charge < -0.3 is 10.2 Å². The molecule has 2 aliphatic carbocycles. The highest BCUT2D eigenvalue weighted by Gasteiger charge is 2.51. The van der Waals surface area contributed by atoms with E-state index in [1.165, 1.54) is 89.4 Å². The molecule has 2 atom stereocenters. The van der Waals surface area contributed by atoms with Crippen molar-refractivity contribution >= 4 is 22.8 Å². The summed E-state index contributed by atoms with van der Waals surface area (Å²) in [5.41, 5.74) is 20.5. The second-order valence-electron chi connectivity index (χ2n) is 16.1. The average molecular weight is 768 g/mol. The Kier molecular flexibility index (Phi) is 7.97. The molecule has 2 heterocycles. The van der Waals surface area contributed by atoms with Gasteiger partial charge in [-0.05, 0) is 109 Å². The molecule has 284 valence electrons. The van der Waals surface area contributed by atoms with Crippen LogP contribution >= 0.6 is 0 Å². The van der Waals surface area contributed by atoms with Gasteiger partial charge in [-0.3, -0.25) is 5.32 Å². The van der Waals surface area contributed by atoms with Gasteiger partial charge in [0.1, 0.15) is 6.17 Å². The summed E-state index contributed by atoms with van der Waals surface area (Å²) in [4.78, 5) is 2.44. The predicted octanol–water partition coefficient (Wildman–Crippen LogP) is 13.3. The maximum absolute atomic E-state index is 3.92. The fraction of sp³-hybridized carbons (Fsp3) is 0.0526. The van der Waals surface area contributed by atoms with E-state index in [-0.39, 0.29) is 12.2 Å². The van der Waals surface area contributed by atoms with Crippen molar-refractivity contribution in [2.45, 2.75) is 17.6 Å². The fourth-order valence-electron chi connectivity index (χ4n) is 10.4. The van der Waals surface area contributed by atoms with Gasteiger partial charge in [-0.2, -0.15) is 0 Å². The molecule has 2 unspecified atom stereocenters. The molecule has 3 nitrogen and oxygen atoms in total. The maximum atomic E-state index is 3.92. The van der Waals surface area contributed by atoms with Gasteiger partial charge in [-0.25, -0.2) is 0 Å². The van der Waals surface area contributed by atoms with E-state index in [1.807, 2.05) is 0 Å². The third-order valence-electron chi connectivity index (χ3n) is 12.9. The van der Waals surface area contributed by atoms with Crippen LogP contribution in [0.2, 0.25) is 0 Å². The van der Waals surface area contributed by atoms with Crippen LogP contribution in [-0.2, 0) is 5.41 Å². The van der Waals surface area contributed by atoms with E-state index >= 15 is 0 Å². The molecule has 3 heteroatoms. The van der Waals surface area contributed by atoms with Crippen LogP contribution in [0.1, 0.15) is 39.5 Å². The van der Waals surface area contributed by atoms with E-state index in [0.717, 1.165) is 5.69 Å². The summed E-state index contributed by atoms with van der Waals surface area (Å²) in [7, 11) is 0. The number of allylic oxidation sites excluding steroid dienone is 2. The third-order valence-corrected chi connectivity index (χ3v) is 12.9. The molecule has 0 aromatic heterocycles. The van der Waals surface area contributed by atoms with Crippen LogP contribution in [0.3, 0.4) is 0 Å². The number of hydrogen-bond donors (Lipinski definition) is 2. The van der Waals surface area contributed by atoms with Crippen LogP contribution in [-0.4, -0.2) is 6.04 Å².